The number of hydroxylamine groups is 1. The normalized spacial score (nSPS) is 10.8. The van der Waals surface area contributed by atoms with Crippen molar-refractivity contribution < 1.29 is 5.21 Å². The fourth-order valence-electron chi connectivity index (χ4n) is 1.62. The number of hydrogen-bond acceptors (Lipinski definition) is 6. The Hall–Kier alpha value is -1.43. The molecule has 6 heteroatoms. The van der Waals surface area contributed by atoms with Crippen LogP contribution < -0.4 is 9.96 Å². The van der Waals surface area contributed by atoms with Crippen LogP contribution in [0.5, 0.6) is 0 Å². The van der Waals surface area contributed by atoms with E-state index in [1.807, 2.05) is 13.8 Å². The monoisotopic (exact) mass is 253 g/mol. The third-order valence-electron chi connectivity index (χ3n) is 2.51. The Labute approximate surface area is 109 Å². The lowest BCUT2D eigenvalue weighted by Gasteiger charge is -2.23. The fraction of sp³-hybridized carbons (Fsp3) is 0.750. The Bertz CT molecular complexity index is 352. The first kappa shape index (κ1) is 14.6. The van der Waals surface area contributed by atoms with E-state index in [9.17, 15) is 5.21 Å². The zero-order valence-electron chi connectivity index (χ0n) is 11.7. The van der Waals surface area contributed by atoms with Gasteiger partial charge in [-0.05, 0) is 26.7 Å². The van der Waals surface area contributed by atoms with Crippen LogP contribution in [0.2, 0.25) is 0 Å². The molecule has 18 heavy (non-hydrogen) atoms. The Kier molecular flexibility index (Phi) is 5.77. The zero-order valence-corrected chi connectivity index (χ0v) is 11.7. The summed E-state index contributed by atoms with van der Waals surface area (Å²) in [4.78, 5) is 14.6. The Balaban J connectivity index is 2.91. The average molecular weight is 253 g/mol. The summed E-state index contributed by atoms with van der Waals surface area (Å²) in [5.41, 5.74) is 0. The summed E-state index contributed by atoms with van der Waals surface area (Å²) >= 11 is 0. The van der Waals surface area contributed by atoms with Crippen molar-refractivity contribution in [3.05, 3.63) is 6.33 Å². The van der Waals surface area contributed by atoms with E-state index < -0.39 is 0 Å². The fourth-order valence-corrected chi connectivity index (χ4v) is 1.62. The van der Waals surface area contributed by atoms with Gasteiger partial charge in [-0.3, -0.25) is 5.21 Å². The van der Waals surface area contributed by atoms with Crippen molar-refractivity contribution >= 4 is 11.9 Å². The van der Waals surface area contributed by atoms with Gasteiger partial charge in [0.15, 0.2) is 0 Å². The maximum Gasteiger partial charge on any atom is 0.254 e. The van der Waals surface area contributed by atoms with E-state index in [-0.39, 0.29) is 6.04 Å². The van der Waals surface area contributed by atoms with Gasteiger partial charge < -0.3 is 4.90 Å². The molecule has 0 aliphatic rings. The molecule has 1 rings (SSSR count). The summed E-state index contributed by atoms with van der Waals surface area (Å²) in [6.07, 6.45) is 3.52. The lowest BCUT2D eigenvalue weighted by Crippen LogP contribution is -2.31. The molecule has 0 aliphatic carbocycles. The summed E-state index contributed by atoms with van der Waals surface area (Å²) < 4.78 is 0. The number of anilines is 2. The summed E-state index contributed by atoms with van der Waals surface area (Å²) in [6, 6.07) is -0.0638. The summed E-state index contributed by atoms with van der Waals surface area (Å²) in [6.45, 7) is 9.81. The third-order valence-corrected chi connectivity index (χ3v) is 2.51. The predicted molar refractivity (Wildman–Crippen MR) is 72.0 cm³/mol. The van der Waals surface area contributed by atoms with Crippen LogP contribution in [0.3, 0.4) is 0 Å². The largest absolute Gasteiger partial charge is 0.341 e. The molecule has 0 unspecified atom stereocenters. The number of hydrogen-bond donors (Lipinski definition) is 1. The minimum Gasteiger partial charge on any atom is -0.341 e. The molecule has 0 aromatic carbocycles. The van der Waals surface area contributed by atoms with Crippen LogP contribution in [0.15, 0.2) is 6.33 Å². The zero-order chi connectivity index (χ0) is 13.5. The van der Waals surface area contributed by atoms with Crippen LogP contribution >= 0.6 is 0 Å². The standard InChI is InChI=1S/C12H23N5O/c1-5-7-16(8-6-2)11-13-9-14-12(15-11)17(18)10(3)4/h9-10,18H,5-8H2,1-4H3. The van der Waals surface area contributed by atoms with E-state index in [1.54, 1.807) is 0 Å². The molecule has 0 bridgehead atoms. The van der Waals surface area contributed by atoms with Gasteiger partial charge in [-0.15, -0.1) is 0 Å². The van der Waals surface area contributed by atoms with E-state index in [0.717, 1.165) is 31.0 Å². The molecule has 0 saturated carbocycles. The molecule has 0 atom stereocenters. The van der Waals surface area contributed by atoms with Gasteiger partial charge in [0.1, 0.15) is 6.33 Å². The highest BCUT2D eigenvalue weighted by Gasteiger charge is 2.14. The molecule has 0 amide bonds. The smallest absolute Gasteiger partial charge is 0.254 e. The highest BCUT2D eigenvalue weighted by Crippen LogP contribution is 2.13. The van der Waals surface area contributed by atoms with Crippen LogP contribution in [-0.2, 0) is 0 Å². The van der Waals surface area contributed by atoms with Gasteiger partial charge in [0.25, 0.3) is 5.95 Å². The van der Waals surface area contributed by atoms with Crippen molar-refractivity contribution in [1.29, 1.82) is 0 Å². The lowest BCUT2D eigenvalue weighted by atomic mass is 10.4. The number of nitrogens with zero attached hydrogens (tertiary/aromatic N) is 5. The van der Waals surface area contributed by atoms with Crippen molar-refractivity contribution in [3.8, 4) is 0 Å². The van der Waals surface area contributed by atoms with Gasteiger partial charge in [-0.2, -0.15) is 9.97 Å². The van der Waals surface area contributed by atoms with E-state index in [1.165, 1.54) is 6.33 Å². The Morgan fingerprint density at radius 1 is 1.11 bits per heavy atom. The number of aromatic nitrogens is 3. The molecule has 0 fully saturated rings. The molecule has 1 N–H and O–H groups in total. The van der Waals surface area contributed by atoms with Crippen LogP contribution in [0, 0.1) is 0 Å². The van der Waals surface area contributed by atoms with Crippen molar-refractivity contribution in [2.45, 2.75) is 46.6 Å². The van der Waals surface area contributed by atoms with E-state index in [0.29, 0.717) is 11.9 Å². The first-order valence-electron chi connectivity index (χ1n) is 6.52. The second kappa shape index (κ2) is 7.10. The maximum absolute atomic E-state index is 9.83. The Morgan fingerprint density at radius 2 is 1.67 bits per heavy atom. The molecule has 0 spiro atoms. The van der Waals surface area contributed by atoms with Crippen LogP contribution in [0.4, 0.5) is 11.9 Å². The highest BCUT2D eigenvalue weighted by molar-refractivity contribution is 5.36. The molecule has 0 aliphatic heterocycles. The highest BCUT2D eigenvalue weighted by atomic mass is 16.5. The topological polar surface area (TPSA) is 65.4 Å². The van der Waals surface area contributed by atoms with Crippen LogP contribution in [0.1, 0.15) is 40.5 Å². The van der Waals surface area contributed by atoms with Crippen molar-refractivity contribution in [2.24, 2.45) is 0 Å². The molecule has 1 aromatic heterocycles. The van der Waals surface area contributed by atoms with Gasteiger partial charge in [0, 0.05) is 13.1 Å². The van der Waals surface area contributed by atoms with Crippen molar-refractivity contribution in [3.63, 3.8) is 0 Å². The average Bonchev–Trinajstić information content (AvgIpc) is 2.37. The second-order valence-electron chi connectivity index (χ2n) is 4.51. The lowest BCUT2D eigenvalue weighted by molar-refractivity contribution is 0.222. The molecule has 0 saturated heterocycles. The van der Waals surface area contributed by atoms with Crippen molar-refractivity contribution in [2.75, 3.05) is 23.1 Å². The molecule has 6 nitrogen and oxygen atoms in total. The summed E-state index contributed by atoms with van der Waals surface area (Å²) in [7, 11) is 0. The summed E-state index contributed by atoms with van der Waals surface area (Å²) in [5, 5.41) is 10.9. The van der Waals surface area contributed by atoms with Crippen molar-refractivity contribution in [1.82, 2.24) is 15.0 Å². The van der Waals surface area contributed by atoms with Gasteiger partial charge in [-0.25, -0.2) is 10.0 Å². The molecule has 102 valence electrons. The van der Waals surface area contributed by atoms with Gasteiger partial charge in [0.05, 0.1) is 6.04 Å². The van der Waals surface area contributed by atoms with E-state index >= 15 is 0 Å². The predicted octanol–water partition coefficient (Wildman–Crippen LogP) is 2.10. The quantitative estimate of drug-likeness (QED) is 0.751. The summed E-state index contributed by atoms with van der Waals surface area (Å²) in [5.74, 6) is 0.926. The second-order valence-corrected chi connectivity index (χ2v) is 4.51. The molecule has 1 aromatic rings. The van der Waals surface area contributed by atoms with E-state index in [4.69, 9.17) is 0 Å². The molecular formula is C12H23N5O. The van der Waals surface area contributed by atoms with Gasteiger partial charge >= 0.3 is 0 Å². The maximum atomic E-state index is 9.83. The minimum atomic E-state index is -0.0638. The SMILES string of the molecule is CCCN(CCC)c1ncnc(N(O)C(C)C)n1. The van der Waals surface area contributed by atoms with Crippen LogP contribution in [0.25, 0.3) is 0 Å². The molecule has 1 heterocycles. The van der Waals surface area contributed by atoms with Gasteiger partial charge in [0.2, 0.25) is 5.95 Å². The molecular weight excluding hydrogens is 230 g/mol. The van der Waals surface area contributed by atoms with Crippen LogP contribution in [-0.4, -0.2) is 39.3 Å². The Morgan fingerprint density at radius 3 is 2.17 bits per heavy atom. The van der Waals surface area contributed by atoms with E-state index in [2.05, 4.69) is 33.7 Å². The third kappa shape index (κ3) is 3.80. The molecule has 0 radical (unpaired) electrons. The first-order valence-corrected chi connectivity index (χ1v) is 6.52. The van der Waals surface area contributed by atoms with Gasteiger partial charge in [-0.1, -0.05) is 13.8 Å². The first-order chi connectivity index (χ1) is 8.60. The minimum absolute atomic E-state index is 0.0638. The number of rotatable bonds is 7.